The van der Waals surface area contributed by atoms with Crippen molar-refractivity contribution >= 4 is 5.91 Å². The number of aromatic nitrogens is 4. The summed E-state index contributed by atoms with van der Waals surface area (Å²) in [5, 5.41) is 8.07. The van der Waals surface area contributed by atoms with Gasteiger partial charge in [0.25, 0.3) is 11.8 Å². The molecule has 0 spiro atoms. The number of carbonyl (C=O) groups excluding carboxylic acids is 1. The minimum atomic E-state index is -4.47. The van der Waals surface area contributed by atoms with Gasteiger partial charge in [-0.25, -0.2) is 0 Å². The molecule has 0 radical (unpaired) electrons. The lowest BCUT2D eigenvalue weighted by Crippen LogP contribution is -2.42. The standard InChI is InChI=1S/C20H20F3N5O3/c1-2-7-28-8-6-15(25-28)19(29)27-9-10-30-16(12-27)18-24-17(26-31-18)13-4-3-5-14(11-13)20(21,22)23/h3-6,8,11,16H,2,7,9-10,12H2,1H3/t16-/m1/s1. The molecule has 11 heteroatoms. The van der Waals surface area contributed by atoms with Gasteiger partial charge in [0.05, 0.1) is 18.7 Å². The maximum Gasteiger partial charge on any atom is 0.416 e. The first-order chi connectivity index (χ1) is 14.8. The SMILES string of the molecule is CCCn1ccc(C(=O)N2CCO[C@@H](c3nc(-c4cccc(C(F)(F)F)c4)no3)C2)n1. The van der Waals surface area contributed by atoms with E-state index in [-0.39, 0.29) is 36.3 Å². The molecule has 3 heterocycles. The van der Waals surface area contributed by atoms with Gasteiger partial charge in [0.2, 0.25) is 5.82 Å². The quantitative estimate of drug-likeness (QED) is 0.609. The summed E-state index contributed by atoms with van der Waals surface area (Å²) in [5.74, 6) is -0.117. The highest BCUT2D eigenvalue weighted by molar-refractivity contribution is 5.92. The molecule has 0 bridgehead atoms. The van der Waals surface area contributed by atoms with Crippen LogP contribution in [0.25, 0.3) is 11.4 Å². The third-order valence-electron chi connectivity index (χ3n) is 4.83. The van der Waals surface area contributed by atoms with Crippen molar-refractivity contribution in [2.24, 2.45) is 0 Å². The molecule has 0 aliphatic carbocycles. The molecule has 1 aromatic carbocycles. The number of halogens is 3. The molecular weight excluding hydrogens is 415 g/mol. The zero-order valence-electron chi connectivity index (χ0n) is 16.7. The smallest absolute Gasteiger partial charge is 0.365 e. The van der Waals surface area contributed by atoms with Gasteiger partial charge < -0.3 is 14.2 Å². The van der Waals surface area contributed by atoms with Crippen LogP contribution in [0.5, 0.6) is 0 Å². The van der Waals surface area contributed by atoms with E-state index in [1.165, 1.54) is 12.1 Å². The second kappa shape index (κ2) is 8.50. The fourth-order valence-electron chi connectivity index (χ4n) is 3.29. The van der Waals surface area contributed by atoms with Crippen LogP contribution in [0, 0.1) is 0 Å². The van der Waals surface area contributed by atoms with Gasteiger partial charge in [-0.3, -0.25) is 9.48 Å². The minimum Gasteiger partial charge on any atom is -0.365 e. The largest absolute Gasteiger partial charge is 0.416 e. The molecule has 1 saturated heterocycles. The van der Waals surface area contributed by atoms with Crippen LogP contribution in [-0.4, -0.2) is 50.4 Å². The predicted octanol–water partition coefficient (Wildman–Crippen LogP) is 3.58. The van der Waals surface area contributed by atoms with Gasteiger partial charge in [-0.15, -0.1) is 0 Å². The van der Waals surface area contributed by atoms with Crippen molar-refractivity contribution in [1.29, 1.82) is 0 Å². The monoisotopic (exact) mass is 435 g/mol. The van der Waals surface area contributed by atoms with Crippen LogP contribution in [0.15, 0.2) is 41.1 Å². The third kappa shape index (κ3) is 4.61. The summed E-state index contributed by atoms with van der Waals surface area (Å²) in [6, 6.07) is 6.34. The Bertz CT molecular complexity index is 1060. The highest BCUT2D eigenvalue weighted by Crippen LogP contribution is 2.32. The van der Waals surface area contributed by atoms with Crippen molar-refractivity contribution in [2.75, 3.05) is 19.7 Å². The number of nitrogens with zero attached hydrogens (tertiary/aromatic N) is 5. The molecule has 0 N–H and O–H groups in total. The molecule has 1 fully saturated rings. The van der Waals surface area contributed by atoms with Crippen LogP contribution in [-0.2, 0) is 17.5 Å². The first-order valence-corrected chi connectivity index (χ1v) is 9.80. The molecule has 1 aliphatic rings. The van der Waals surface area contributed by atoms with E-state index in [9.17, 15) is 18.0 Å². The molecule has 164 valence electrons. The van der Waals surface area contributed by atoms with Crippen molar-refractivity contribution in [2.45, 2.75) is 32.2 Å². The number of benzene rings is 1. The summed E-state index contributed by atoms with van der Waals surface area (Å²) in [4.78, 5) is 18.6. The zero-order valence-corrected chi connectivity index (χ0v) is 16.7. The van der Waals surface area contributed by atoms with Crippen LogP contribution < -0.4 is 0 Å². The number of hydrogen-bond donors (Lipinski definition) is 0. The van der Waals surface area contributed by atoms with Gasteiger partial charge in [-0.1, -0.05) is 24.2 Å². The van der Waals surface area contributed by atoms with Crippen LogP contribution >= 0.6 is 0 Å². The number of alkyl halides is 3. The lowest BCUT2D eigenvalue weighted by atomic mass is 10.1. The Morgan fingerprint density at radius 2 is 2.13 bits per heavy atom. The molecule has 1 atom stereocenters. The van der Waals surface area contributed by atoms with Gasteiger partial charge in [-0.05, 0) is 24.6 Å². The Morgan fingerprint density at radius 3 is 2.90 bits per heavy atom. The van der Waals surface area contributed by atoms with Crippen molar-refractivity contribution < 1.29 is 27.2 Å². The van der Waals surface area contributed by atoms with E-state index in [0.29, 0.717) is 12.2 Å². The Balaban J connectivity index is 1.48. The lowest BCUT2D eigenvalue weighted by molar-refractivity contribution is -0.137. The molecule has 1 amide bonds. The number of ether oxygens (including phenoxy) is 1. The Morgan fingerprint density at radius 1 is 1.29 bits per heavy atom. The van der Waals surface area contributed by atoms with Gasteiger partial charge in [0.15, 0.2) is 6.10 Å². The van der Waals surface area contributed by atoms with Crippen LogP contribution in [0.2, 0.25) is 0 Å². The summed E-state index contributed by atoms with van der Waals surface area (Å²) >= 11 is 0. The van der Waals surface area contributed by atoms with E-state index in [4.69, 9.17) is 9.26 Å². The third-order valence-corrected chi connectivity index (χ3v) is 4.83. The maximum absolute atomic E-state index is 13.0. The van der Waals surface area contributed by atoms with E-state index >= 15 is 0 Å². The molecule has 1 aliphatic heterocycles. The Labute approximate surface area is 175 Å². The second-order valence-corrected chi connectivity index (χ2v) is 7.11. The number of hydrogen-bond acceptors (Lipinski definition) is 6. The molecule has 0 saturated carbocycles. The number of aryl methyl sites for hydroxylation is 1. The summed E-state index contributed by atoms with van der Waals surface area (Å²) in [6.45, 7) is 3.55. The fourth-order valence-corrected chi connectivity index (χ4v) is 3.29. The summed E-state index contributed by atoms with van der Waals surface area (Å²) in [7, 11) is 0. The Kier molecular flexibility index (Phi) is 5.77. The highest BCUT2D eigenvalue weighted by atomic mass is 19.4. The predicted molar refractivity (Wildman–Crippen MR) is 102 cm³/mol. The highest BCUT2D eigenvalue weighted by Gasteiger charge is 2.32. The van der Waals surface area contributed by atoms with Gasteiger partial charge in [-0.2, -0.15) is 23.3 Å². The Hall–Kier alpha value is -3.21. The van der Waals surface area contributed by atoms with Crippen LogP contribution in [0.4, 0.5) is 13.2 Å². The van der Waals surface area contributed by atoms with E-state index < -0.39 is 17.8 Å². The van der Waals surface area contributed by atoms with E-state index in [2.05, 4.69) is 15.2 Å². The van der Waals surface area contributed by atoms with Crippen LogP contribution in [0.1, 0.15) is 41.4 Å². The van der Waals surface area contributed by atoms with Crippen molar-refractivity contribution in [3.05, 3.63) is 53.7 Å². The second-order valence-electron chi connectivity index (χ2n) is 7.11. The average molecular weight is 435 g/mol. The van der Waals surface area contributed by atoms with Crippen molar-refractivity contribution in [1.82, 2.24) is 24.8 Å². The molecule has 31 heavy (non-hydrogen) atoms. The fraction of sp³-hybridized carbons (Fsp3) is 0.400. The van der Waals surface area contributed by atoms with E-state index in [0.717, 1.165) is 25.1 Å². The van der Waals surface area contributed by atoms with Crippen LogP contribution in [0.3, 0.4) is 0 Å². The van der Waals surface area contributed by atoms with Gasteiger partial charge >= 0.3 is 6.18 Å². The molecular formula is C20H20F3N5O3. The minimum absolute atomic E-state index is 0.0199. The maximum atomic E-state index is 13.0. The number of rotatable bonds is 5. The summed E-state index contributed by atoms with van der Waals surface area (Å²) in [5.41, 5.74) is -0.288. The lowest BCUT2D eigenvalue weighted by Gasteiger charge is -2.30. The van der Waals surface area contributed by atoms with Gasteiger partial charge in [0.1, 0.15) is 5.69 Å². The number of carbonyl (C=O) groups is 1. The zero-order chi connectivity index (χ0) is 22.0. The normalized spacial score (nSPS) is 17.2. The molecule has 3 aromatic rings. The first kappa shape index (κ1) is 21.0. The summed E-state index contributed by atoms with van der Waals surface area (Å²) < 4.78 is 51.5. The number of amides is 1. The molecule has 0 unspecified atom stereocenters. The van der Waals surface area contributed by atoms with Crippen molar-refractivity contribution in [3.8, 4) is 11.4 Å². The first-order valence-electron chi connectivity index (χ1n) is 9.80. The van der Waals surface area contributed by atoms with Gasteiger partial charge in [0, 0.05) is 24.8 Å². The average Bonchev–Trinajstić information content (AvgIpc) is 3.43. The molecule has 4 rings (SSSR count). The summed E-state index contributed by atoms with van der Waals surface area (Å²) in [6.07, 6.45) is -2.49. The van der Waals surface area contributed by atoms with E-state index in [1.54, 1.807) is 21.8 Å². The number of morpholine rings is 1. The molecule has 2 aromatic heterocycles. The topological polar surface area (TPSA) is 86.3 Å². The van der Waals surface area contributed by atoms with E-state index in [1.807, 2.05) is 6.92 Å². The molecule has 8 nitrogen and oxygen atoms in total. The van der Waals surface area contributed by atoms with Crippen molar-refractivity contribution in [3.63, 3.8) is 0 Å².